The predicted molar refractivity (Wildman–Crippen MR) is 124 cm³/mol. The molecule has 1 amide bonds. The number of methoxy groups -OCH3 is 1. The summed E-state index contributed by atoms with van der Waals surface area (Å²) in [6.07, 6.45) is 4.40. The average molecular weight is 471 g/mol. The van der Waals surface area contributed by atoms with E-state index in [1.807, 2.05) is 4.90 Å². The van der Waals surface area contributed by atoms with Gasteiger partial charge in [-0.3, -0.25) is 9.36 Å². The van der Waals surface area contributed by atoms with Crippen molar-refractivity contribution in [3.05, 3.63) is 60.2 Å². The first-order valence-corrected chi connectivity index (χ1v) is 12.0. The number of nitrogens with zero attached hydrogens (tertiary/aromatic N) is 4. The normalized spacial score (nSPS) is 14.1. The molecule has 0 aliphatic carbocycles. The van der Waals surface area contributed by atoms with Crippen molar-refractivity contribution in [2.24, 2.45) is 0 Å². The van der Waals surface area contributed by atoms with Crippen molar-refractivity contribution < 1.29 is 18.7 Å². The molecule has 1 fully saturated rings. The second kappa shape index (κ2) is 11.2. The number of amides is 1. The Morgan fingerprint density at radius 2 is 1.70 bits per heavy atom. The second-order valence-electron chi connectivity index (χ2n) is 7.73. The Hall–Kier alpha value is -3.07. The van der Waals surface area contributed by atoms with Crippen molar-refractivity contribution in [3.8, 4) is 17.2 Å². The van der Waals surface area contributed by atoms with Crippen molar-refractivity contribution in [1.82, 2.24) is 19.7 Å². The lowest BCUT2D eigenvalue weighted by molar-refractivity contribution is -0.128. The first-order chi connectivity index (χ1) is 16.2. The number of ether oxygens (including phenoxy) is 2. The van der Waals surface area contributed by atoms with Crippen LogP contribution in [0.15, 0.2) is 53.7 Å². The number of rotatable bonds is 8. The average Bonchev–Trinajstić information content (AvgIpc) is 3.04. The molecular formula is C24H27FN4O3S. The van der Waals surface area contributed by atoms with Gasteiger partial charge >= 0.3 is 0 Å². The molecule has 2 aromatic carbocycles. The highest BCUT2D eigenvalue weighted by Crippen LogP contribution is 2.26. The number of carbonyl (C=O) groups excluding carboxylic acids is 1. The van der Waals surface area contributed by atoms with E-state index >= 15 is 0 Å². The van der Waals surface area contributed by atoms with Gasteiger partial charge in [0.15, 0.2) is 11.0 Å². The van der Waals surface area contributed by atoms with Crippen LogP contribution in [0, 0.1) is 5.82 Å². The summed E-state index contributed by atoms with van der Waals surface area (Å²) in [5.74, 6) is 1.70. The molecular weight excluding hydrogens is 443 g/mol. The van der Waals surface area contributed by atoms with Crippen LogP contribution >= 0.6 is 11.8 Å². The number of hydrogen-bond acceptors (Lipinski definition) is 6. The van der Waals surface area contributed by atoms with E-state index in [-0.39, 0.29) is 18.3 Å². The van der Waals surface area contributed by atoms with E-state index < -0.39 is 5.82 Å². The van der Waals surface area contributed by atoms with E-state index in [9.17, 15) is 9.18 Å². The maximum Gasteiger partial charge on any atom is 0.233 e. The molecule has 0 radical (unpaired) electrons. The van der Waals surface area contributed by atoms with Gasteiger partial charge in [-0.2, -0.15) is 0 Å². The Morgan fingerprint density at radius 3 is 2.39 bits per heavy atom. The van der Waals surface area contributed by atoms with Crippen molar-refractivity contribution in [3.63, 3.8) is 0 Å². The van der Waals surface area contributed by atoms with E-state index in [1.54, 1.807) is 54.1 Å². The molecule has 0 spiro atoms. The summed E-state index contributed by atoms with van der Waals surface area (Å²) in [6, 6.07) is 13.6. The molecule has 4 rings (SSSR count). The fraction of sp³-hybridized carbons (Fsp3) is 0.375. The van der Waals surface area contributed by atoms with Gasteiger partial charge in [-0.25, -0.2) is 4.39 Å². The van der Waals surface area contributed by atoms with E-state index in [0.717, 1.165) is 44.5 Å². The Balaban J connectivity index is 1.52. The molecule has 0 bridgehead atoms. The summed E-state index contributed by atoms with van der Waals surface area (Å²) in [4.78, 5) is 14.7. The third kappa shape index (κ3) is 5.84. The van der Waals surface area contributed by atoms with Gasteiger partial charge in [-0.1, -0.05) is 36.7 Å². The number of likely N-dealkylation sites (tertiary alicyclic amines) is 1. The summed E-state index contributed by atoms with van der Waals surface area (Å²) in [5.41, 5.74) is 0.320. The second-order valence-corrected chi connectivity index (χ2v) is 8.68. The Bertz CT molecular complexity index is 1070. The molecule has 1 aromatic heterocycles. The smallest absolute Gasteiger partial charge is 0.233 e. The summed E-state index contributed by atoms with van der Waals surface area (Å²) in [7, 11) is 1.60. The van der Waals surface area contributed by atoms with Crippen LogP contribution in [0.2, 0.25) is 0 Å². The molecule has 1 aliphatic rings. The van der Waals surface area contributed by atoms with Gasteiger partial charge in [0, 0.05) is 13.1 Å². The number of aromatic nitrogens is 3. The highest BCUT2D eigenvalue weighted by atomic mass is 32.2. The molecule has 1 aliphatic heterocycles. The van der Waals surface area contributed by atoms with Crippen molar-refractivity contribution >= 4 is 17.7 Å². The zero-order valence-electron chi connectivity index (χ0n) is 18.6. The number of halogens is 1. The topological polar surface area (TPSA) is 69.5 Å². The number of thioether (sulfide) groups is 1. The van der Waals surface area contributed by atoms with Crippen LogP contribution in [0.3, 0.4) is 0 Å². The molecule has 174 valence electrons. The van der Waals surface area contributed by atoms with E-state index in [0.29, 0.717) is 22.4 Å². The quantitative estimate of drug-likeness (QED) is 0.452. The number of hydrogen-bond donors (Lipinski definition) is 0. The lowest BCUT2D eigenvalue weighted by Gasteiger charge is -2.20. The molecule has 0 N–H and O–H groups in total. The molecule has 0 atom stereocenters. The van der Waals surface area contributed by atoms with Gasteiger partial charge in [0.25, 0.3) is 0 Å². The Labute approximate surface area is 196 Å². The van der Waals surface area contributed by atoms with Crippen molar-refractivity contribution in [2.75, 3.05) is 26.0 Å². The Kier molecular flexibility index (Phi) is 7.83. The van der Waals surface area contributed by atoms with Gasteiger partial charge in [0.1, 0.15) is 23.9 Å². The molecule has 33 heavy (non-hydrogen) atoms. The molecule has 0 unspecified atom stereocenters. The van der Waals surface area contributed by atoms with Crippen LogP contribution in [0.25, 0.3) is 5.69 Å². The summed E-state index contributed by atoms with van der Waals surface area (Å²) in [5, 5.41) is 8.94. The molecule has 0 saturated carbocycles. The first kappa shape index (κ1) is 23.1. The largest absolute Gasteiger partial charge is 0.497 e. The number of benzene rings is 2. The fourth-order valence-corrected chi connectivity index (χ4v) is 4.59. The Morgan fingerprint density at radius 1 is 1.00 bits per heavy atom. The monoisotopic (exact) mass is 470 g/mol. The third-order valence-electron chi connectivity index (χ3n) is 5.50. The van der Waals surface area contributed by atoms with Gasteiger partial charge in [-0.05, 0) is 49.2 Å². The SMILES string of the molecule is COc1ccc(OCc2nnc(SCC(=O)N3CCCCCC3)n2-c2ccccc2F)cc1. The third-order valence-corrected chi connectivity index (χ3v) is 6.42. The summed E-state index contributed by atoms with van der Waals surface area (Å²) >= 11 is 1.27. The zero-order valence-corrected chi connectivity index (χ0v) is 19.4. The van der Waals surface area contributed by atoms with Crippen LogP contribution in [0.5, 0.6) is 11.5 Å². The minimum absolute atomic E-state index is 0.0704. The van der Waals surface area contributed by atoms with Crippen molar-refractivity contribution in [1.29, 1.82) is 0 Å². The zero-order chi connectivity index (χ0) is 23.0. The standard InChI is InChI=1S/C24H27FN4O3S/c1-31-18-10-12-19(13-11-18)32-16-22-26-27-24(29(22)21-9-5-4-8-20(21)25)33-17-23(30)28-14-6-2-3-7-15-28/h4-5,8-13H,2-3,6-7,14-17H2,1H3. The van der Waals surface area contributed by atoms with Crippen LogP contribution < -0.4 is 9.47 Å². The molecule has 2 heterocycles. The summed E-state index contributed by atoms with van der Waals surface area (Å²) in [6.45, 7) is 1.68. The lowest BCUT2D eigenvalue weighted by Crippen LogP contribution is -2.33. The molecule has 9 heteroatoms. The predicted octanol–water partition coefficient (Wildman–Crippen LogP) is 4.49. The number of carbonyl (C=O) groups is 1. The van der Waals surface area contributed by atoms with Crippen LogP contribution in [0.1, 0.15) is 31.5 Å². The van der Waals surface area contributed by atoms with Gasteiger partial charge in [-0.15, -0.1) is 10.2 Å². The lowest BCUT2D eigenvalue weighted by atomic mass is 10.2. The fourth-order valence-electron chi connectivity index (χ4n) is 3.72. The molecule has 1 saturated heterocycles. The first-order valence-electron chi connectivity index (χ1n) is 11.0. The van der Waals surface area contributed by atoms with Crippen LogP contribution in [0.4, 0.5) is 4.39 Å². The van der Waals surface area contributed by atoms with E-state index in [2.05, 4.69) is 10.2 Å². The van der Waals surface area contributed by atoms with E-state index in [1.165, 1.54) is 17.8 Å². The number of para-hydroxylation sites is 1. The minimum Gasteiger partial charge on any atom is -0.497 e. The van der Waals surface area contributed by atoms with Gasteiger partial charge in [0.2, 0.25) is 5.91 Å². The summed E-state index contributed by atoms with van der Waals surface area (Å²) < 4.78 is 27.3. The molecule has 7 nitrogen and oxygen atoms in total. The highest BCUT2D eigenvalue weighted by molar-refractivity contribution is 7.99. The molecule has 3 aromatic rings. The van der Waals surface area contributed by atoms with Gasteiger partial charge in [0.05, 0.1) is 18.6 Å². The maximum absolute atomic E-state index is 14.7. The van der Waals surface area contributed by atoms with Gasteiger partial charge < -0.3 is 14.4 Å². The maximum atomic E-state index is 14.7. The van der Waals surface area contributed by atoms with Crippen LogP contribution in [-0.4, -0.2) is 51.5 Å². The van der Waals surface area contributed by atoms with Crippen molar-refractivity contribution in [2.45, 2.75) is 37.4 Å². The van der Waals surface area contributed by atoms with E-state index in [4.69, 9.17) is 9.47 Å². The highest BCUT2D eigenvalue weighted by Gasteiger charge is 2.21. The van der Waals surface area contributed by atoms with Crippen LogP contribution in [-0.2, 0) is 11.4 Å². The minimum atomic E-state index is -0.399.